The Labute approximate surface area is 177 Å². The van der Waals surface area contributed by atoms with Gasteiger partial charge in [-0.1, -0.05) is 6.07 Å². The summed E-state index contributed by atoms with van der Waals surface area (Å²) in [5.41, 5.74) is 3.34. The van der Waals surface area contributed by atoms with E-state index < -0.39 is 0 Å². The highest BCUT2D eigenvalue weighted by molar-refractivity contribution is 14.1. The number of hydrogen-bond donors (Lipinski definition) is 0. The molecule has 1 aromatic heterocycles. The lowest BCUT2D eigenvalue weighted by molar-refractivity contribution is 0.210. The first-order valence-electron chi connectivity index (χ1n) is 8.66. The average molecular weight is 492 g/mol. The first kappa shape index (κ1) is 20.1. The third kappa shape index (κ3) is 5.22. The molecule has 1 heterocycles. The van der Waals surface area contributed by atoms with Crippen molar-refractivity contribution in [2.75, 3.05) is 20.3 Å². The van der Waals surface area contributed by atoms with Crippen molar-refractivity contribution < 1.29 is 14.2 Å². The Morgan fingerprint density at radius 2 is 1.79 bits per heavy atom. The number of aromatic nitrogens is 3. The highest BCUT2D eigenvalue weighted by Gasteiger charge is 2.11. The molecule has 2 aromatic carbocycles. The normalized spacial score (nSPS) is 11.0. The van der Waals surface area contributed by atoms with E-state index in [1.165, 1.54) is 28.5 Å². The molecule has 3 rings (SSSR count). The largest absolute Gasteiger partial charge is 0.493 e. The van der Waals surface area contributed by atoms with Crippen molar-refractivity contribution in [3.05, 3.63) is 63.2 Å². The summed E-state index contributed by atoms with van der Waals surface area (Å²) in [6.07, 6.45) is 4.75. The second kappa shape index (κ2) is 9.54. The number of nitrogens with zero attached hydrogens (tertiary/aromatic N) is 4. The Morgan fingerprint density at radius 3 is 2.50 bits per heavy atom. The van der Waals surface area contributed by atoms with Gasteiger partial charge in [0, 0.05) is 0 Å². The quantitative estimate of drug-likeness (QED) is 0.272. The van der Waals surface area contributed by atoms with Crippen LogP contribution in [0.2, 0.25) is 0 Å². The molecule has 0 atom stereocenters. The molecule has 0 amide bonds. The monoisotopic (exact) mass is 492 g/mol. The average Bonchev–Trinajstić information content (AvgIpc) is 3.20. The third-order valence-corrected chi connectivity index (χ3v) is 4.88. The fourth-order valence-electron chi connectivity index (χ4n) is 2.45. The van der Waals surface area contributed by atoms with Crippen LogP contribution < -0.4 is 14.2 Å². The van der Waals surface area contributed by atoms with Crippen molar-refractivity contribution in [2.24, 2.45) is 5.10 Å². The summed E-state index contributed by atoms with van der Waals surface area (Å²) in [6.45, 7) is 5.00. The molecule has 0 N–H and O–H groups in total. The van der Waals surface area contributed by atoms with E-state index in [4.69, 9.17) is 14.2 Å². The standard InChI is InChI=1S/C20H21IN4O3/c1-14-4-5-17(8-15(14)2)27-6-7-28-20-18(21)9-16(10-19(20)26-3)11-24-25-12-22-23-13-25/h4-5,8-13H,6-7H2,1-3H3/b24-11-. The highest BCUT2D eigenvalue weighted by Crippen LogP contribution is 2.33. The van der Waals surface area contributed by atoms with Crippen LogP contribution >= 0.6 is 22.6 Å². The molecule has 0 bridgehead atoms. The maximum atomic E-state index is 5.91. The van der Waals surface area contributed by atoms with Crippen LogP contribution in [-0.4, -0.2) is 41.4 Å². The number of ether oxygens (including phenoxy) is 3. The zero-order chi connectivity index (χ0) is 19.9. The number of methoxy groups -OCH3 is 1. The first-order valence-corrected chi connectivity index (χ1v) is 9.74. The van der Waals surface area contributed by atoms with E-state index >= 15 is 0 Å². The molecule has 28 heavy (non-hydrogen) atoms. The number of aryl methyl sites for hydroxylation is 2. The molecule has 7 nitrogen and oxygen atoms in total. The van der Waals surface area contributed by atoms with Crippen molar-refractivity contribution in [1.82, 2.24) is 14.9 Å². The van der Waals surface area contributed by atoms with Crippen LogP contribution in [0.15, 0.2) is 48.1 Å². The third-order valence-electron chi connectivity index (χ3n) is 4.08. The van der Waals surface area contributed by atoms with Crippen LogP contribution in [0, 0.1) is 17.4 Å². The topological polar surface area (TPSA) is 70.8 Å². The van der Waals surface area contributed by atoms with Crippen molar-refractivity contribution in [1.29, 1.82) is 0 Å². The van der Waals surface area contributed by atoms with Crippen LogP contribution in [0.3, 0.4) is 0 Å². The van der Waals surface area contributed by atoms with Crippen LogP contribution in [0.5, 0.6) is 17.2 Å². The zero-order valence-electron chi connectivity index (χ0n) is 15.9. The number of rotatable bonds is 8. The molecular formula is C20H21IN4O3. The minimum Gasteiger partial charge on any atom is -0.493 e. The summed E-state index contributed by atoms with van der Waals surface area (Å²) >= 11 is 2.22. The van der Waals surface area contributed by atoms with E-state index in [0.29, 0.717) is 24.7 Å². The molecule has 0 radical (unpaired) electrons. The molecule has 0 unspecified atom stereocenters. The van der Waals surface area contributed by atoms with Gasteiger partial charge < -0.3 is 14.2 Å². The van der Waals surface area contributed by atoms with Gasteiger partial charge in [0.15, 0.2) is 11.5 Å². The first-order chi connectivity index (χ1) is 13.6. The van der Waals surface area contributed by atoms with Gasteiger partial charge in [0.2, 0.25) is 0 Å². The van der Waals surface area contributed by atoms with Gasteiger partial charge in [-0.15, -0.1) is 10.2 Å². The Kier molecular flexibility index (Phi) is 6.85. The lowest BCUT2D eigenvalue weighted by Gasteiger charge is -2.14. The Hall–Kier alpha value is -2.62. The molecule has 146 valence electrons. The lowest BCUT2D eigenvalue weighted by atomic mass is 10.1. The van der Waals surface area contributed by atoms with Gasteiger partial charge in [0.1, 0.15) is 31.6 Å². The van der Waals surface area contributed by atoms with Crippen LogP contribution in [0.25, 0.3) is 0 Å². The Bertz CT molecular complexity index is 958. The van der Waals surface area contributed by atoms with Gasteiger partial charge in [-0.2, -0.15) is 5.10 Å². The van der Waals surface area contributed by atoms with E-state index in [1.54, 1.807) is 13.3 Å². The molecule has 0 aliphatic heterocycles. The zero-order valence-corrected chi connectivity index (χ0v) is 18.1. The second-order valence-electron chi connectivity index (χ2n) is 6.06. The minimum absolute atomic E-state index is 0.410. The predicted octanol–water partition coefficient (Wildman–Crippen LogP) is 3.85. The molecule has 3 aromatic rings. The van der Waals surface area contributed by atoms with Gasteiger partial charge in [0.05, 0.1) is 16.9 Å². The van der Waals surface area contributed by atoms with Crippen molar-refractivity contribution in [3.8, 4) is 17.2 Å². The molecule has 0 fully saturated rings. The summed E-state index contributed by atoms with van der Waals surface area (Å²) in [7, 11) is 1.62. The van der Waals surface area contributed by atoms with Gasteiger partial charge in [-0.05, 0) is 77.4 Å². The van der Waals surface area contributed by atoms with Gasteiger partial charge in [-0.25, -0.2) is 4.68 Å². The summed E-state index contributed by atoms with van der Waals surface area (Å²) in [4.78, 5) is 0. The van der Waals surface area contributed by atoms with E-state index in [1.807, 2.05) is 24.3 Å². The Balaban J connectivity index is 1.62. The number of halogens is 1. The van der Waals surface area contributed by atoms with Crippen molar-refractivity contribution in [2.45, 2.75) is 13.8 Å². The van der Waals surface area contributed by atoms with Crippen LogP contribution in [0.4, 0.5) is 0 Å². The smallest absolute Gasteiger partial charge is 0.174 e. The second-order valence-corrected chi connectivity index (χ2v) is 7.23. The molecule has 0 spiro atoms. The van der Waals surface area contributed by atoms with Gasteiger partial charge in [-0.3, -0.25) is 0 Å². The SMILES string of the molecule is COc1cc(/C=N\n2cnnc2)cc(I)c1OCCOc1ccc(C)c(C)c1. The fourth-order valence-corrected chi connectivity index (χ4v) is 3.23. The molecular weight excluding hydrogens is 471 g/mol. The molecule has 0 saturated carbocycles. The maximum Gasteiger partial charge on any atom is 0.174 e. The maximum absolute atomic E-state index is 5.91. The van der Waals surface area contributed by atoms with E-state index in [9.17, 15) is 0 Å². The molecule has 0 aliphatic carbocycles. The van der Waals surface area contributed by atoms with E-state index in [2.05, 4.69) is 57.8 Å². The summed E-state index contributed by atoms with van der Waals surface area (Å²) in [6, 6.07) is 9.89. The Morgan fingerprint density at radius 1 is 1.04 bits per heavy atom. The number of benzene rings is 2. The summed E-state index contributed by atoms with van der Waals surface area (Å²) in [5.74, 6) is 2.17. The van der Waals surface area contributed by atoms with Crippen LogP contribution in [0.1, 0.15) is 16.7 Å². The van der Waals surface area contributed by atoms with Gasteiger partial charge in [0.25, 0.3) is 0 Å². The van der Waals surface area contributed by atoms with E-state index in [0.717, 1.165) is 14.9 Å². The van der Waals surface area contributed by atoms with Crippen molar-refractivity contribution in [3.63, 3.8) is 0 Å². The molecule has 0 aliphatic rings. The summed E-state index contributed by atoms with van der Waals surface area (Å²) < 4.78 is 19.6. The van der Waals surface area contributed by atoms with Gasteiger partial charge >= 0.3 is 0 Å². The fraction of sp³-hybridized carbons (Fsp3) is 0.250. The summed E-state index contributed by atoms with van der Waals surface area (Å²) in [5, 5.41) is 11.7. The van der Waals surface area contributed by atoms with E-state index in [-0.39, 0.29) is 0 Å². The van der Waals surface area contributed by atoms with Crippen molar-refractivity contribution >= 4 is 28.8 Å². The lowest BCUT2D eigenvalue weighted by Crippen LogP contribution is -2.10. The number of hydrogen-bond acceptors (Lipinski definition) is 6. The molecule has 0 saturated heterocycles. The highest BCUT2D eigenvalue weighted by atomic mass is 127. The minimum atomic E-state index is 0.410. The predicted molar refractivity (Wildman–Crippen MR) is 116 cm³/mol. The van der Waals surface area contributed by atoms with Crippen LogP contribution in [-0.2, 0) is 0 Å². The molecule has 8 heteroatoms.